The summed E-state index contributed by atoms with van der Waals surface area (Å²) in [5.41, 5.74) is 2.34. The molecule has 3 aromatic rings. The second-order valence-electron chi connectivity index (χ2n) is 7.44. The van der Waals surface area contributed by atoms with Crippen molar-refractivity contribution >= 4 is 11.8 Å². The number of para-hydroxylation sites is 1. The van der Waals surface area contributed by atoms with Gasteiger partial charge in [0.25, 0.3) is 0 Å². The Morgan fingerprint density at radius 1 is 1.04 bits per heavy atom. The predicted molar refractivity (Wildman–Crippen MR) is 99.4 cm³/mol. The highest BCUT2D eigenvalue weighted by molar-refractivity contribution is 6.13. The lowest BCUT2D eigenvalue weighted by atomic mass is 9.81. The summed E-state index contributed by atoms with van der Waals surface area (Å²) in [7, 11) is 0. The highest BCUT2D eigenvalue weighted by Gasteiger charge is 2.31. The third-order valence-corrected chi connectivity index (χ3v) is 5.88. The summed E-state index contributed by atoms with van der Waals surface area (Å²) in [5, 5.41) is 13.2. The topological polar surface area (TPSA) is 72.9 Å². The number of aryl methyl sites for hydroxylation is 1. The molecule has 0 N–H and O–H groups in total. The zero-order chi connectivity index (χ0) is 18.4. The second-order valence-corrected chi connectivity index (χ2v) is 7.92. The monoisotopic (exact) mass is 384 g/mol. The molecule has 0 radical (unpaired) electrons. The Labute approximate surface area is 162 Å². The molecule has 27 heavy (non-hydrogen) atoms. The highest BCUT2D eigenvalue weighted by Crippen LogP contribution is 2.40. The number of nitrogens with zero attached hydrogens (tertiary/aromatic N) is 6. The van der Waals surface area contributed by atoms with Gasteiger partial charge in [0.1, 0.15) is 5.82 Å². The van der Waals surface area contributed by atoms with E-state index in [-0.39, 0.29) is 0 Å². The van der Waals surface area contributed by atoms with E-state index < -0.39 is 0 Å². The molecular weight excluding hydrogens is 364 g/mol. The van der Waals surface area contributed by atoms with Crippen LogP contribution in [0.25, 0.3) is 5.69 Å². The van der Waals surface area contributed by atoms with E-state index in [2.05, 4.69) is 49.2 Å². The number of halogens is 1. The predicted octanol–water partition coefficient (Wildman–Crippen LogP) is 3.87. The van der Waals surface area contributed by atoms with Crippen molar-refractivity contribution in [3.63, 3.8) is 0 Å². The van der Waals surface area contributed by atoms with Crippen molar-refractivity contribution in [2.75, 3.05) is 0 Å². The van der Waals surface area contributed by atoms with Crippen molar-refractivity contribution in [3.8, 4) is 5.69 Å². The van der Waals surface area contributed by atoms with E-state index >= 15 is 0 Å². The molecular formula is C19H21ClN6O. The lowest BCUT2D eigenvalue weighted by molar-refractivity contribution is 0.347. The highest BCUT2D eigenvalue weighted by atomic mass is 35.5. The van der Waals surface area contributed by atoms with Gasteiger partial charge in [-0.25, -0.2) is 4.42 Å². The fraction of sp³-hybridized carbons (Fsp3) is 0.474. The number of hydrogen-bond acceptors (Lipinski definition) is 6. The van der Waals surface area contributed by atoms with Gasteiger partial charge in [-0.3, -0.25) is 4.57 Å². The quantitative estimate of drug-likeness (QED) is 0.624. The van der Waals surface area contributed by atoms with Gasteiger partial charge in [0.2, 0.25) is 5.89 Å². The van der Waals surface area contributed by atoms with Gasteiger partial charge < -0.3 is 4.52 Å². The third kappa shape index (κ3) is 3.04. The second kappa shape index (κ2) is 6.73. The van der Waals surface area contributed by atoms with E-state index in [1.54, 1.807) is 4.42 Å². The number of hydrogen-bond donors (Lipinski definition) is 0. The summed E-state index contributed by atoms with van der Waals surface area (Å²) in [6, 6.07) is 8.37. The first kappa shape index (κ1) is 16.9. The van der Waals surface area contributed by atoms with Crippen molar-refractivity contribution < 1.29 is 4.52 Å². The summed E-state index contributed by atoms with van der Waals surface area (Å²) in [6.45, 7) is 3.12. The summed E-state index contributed by atoms with van der Waals surface area (Å²) >= 11 is 6.39. The molecule has 1 fully saturated rings. The lowest BCUT2D eigenvalue weighted by Crippen LogP contribution is -2.17. The van der Waals surface area contributed by atoms with Gasteiger partial charge >= 0.3 is 0 Å². The van der Waals surface area contributed by atoms with E-state index in [4.69, 9.17) is 16.3 Å². The van der Waals surface area contributed by atoms with Crippen LogP contribution in [0.2, 0.25) is 0 Å². The molecule has 1 aliphatic carbocycles. The molecule has 0 unspecified atom stereocenters. The lowest BCUT2D eigenvalue weighted by Gasteiger charge is -2.26. The van der Waals surface area contributed by atoms with Crippen LogP contribution < -0.4 is 0 Å². The van der Waals surface area contributed by atoms with E-state index in [1.165, 1.54) is 5.56 Å². The molecule has 2 aliphatic rings. The molecule has 0 amide bonds. The molecule has 0 bridgehead atoms. The largest absolute Gasteiger partial charge is 0.340 e. The minimum atomic E-state index is 0.371. The van der Waals surface area contributed by atoms with E-state index in [0.29, 0.717) is 30.8 Å². The van der Waals surface area contributed by atoms with Crippen LogP contribution in [0, 0.1) is 6.92 Å². The molecule has 3 heterocycles. The molecule has 0 spiro atoms. The first-order chi connectivity index (χ1) is 13.2. The van der Waals surface area contributed by atoms with Crippen LogP contribution in [0.5, 0.6) is 0 Å². The van der Waals surface area contributed by atoms with Gasteiger partial charge in [0.05, 0.1) is 12.2 Å². The molecule has 0 saturated heterocycles. The van der Waals surface area contributed by atoms with Gasteiger partial charge in [0, 0.05) is 25.3 Å². The van der Waals surface area contributed by atoms with Crippen LogP contribution in [-0.2, 0) is 13.1 Å². The van der Waals surface area contributed by atoms with Gasteiger partial charge in [-0.1, -0.05) is 23.4 Å². The van der Waals surface area contributed by atoms with Crippen LogP contribution in [0.3, 0.4) is 0 Å². The zero-order valence-corrected chi connectivity index (χ0v) is 15.9. The Morgan fingerprint density at radius 2 is 1.81 bits per heavy atom. The number of rotatable bonds is 2. The average Bonchev–Trinajstić information content (AvgIpc) is 3.25. The van der Waals surface area contributed by atoms with Crippen LogP contribution in [0.1, 0.15) is 66.4 Å². The van der Waals surface area contributed by atoms with Crippen molar-refractivity contribution in [1.29, 1.82) is 0 Å². The van der Waals surface area contributed by atoms with Crippen LogP contribution >= 0.6 is 11.8 Å². The number of aromatic nitrogens is 5. The summed E-state index contributed by atoms with van der Waals surface area (Å²) in [4.78, 5) is 4.41. The van der Waals surface area contributed by atoms with Gasteiger partial charge in [0.15, 0.2) is 11.6 Å². The Hall–Kier alpha value is -2.25. The van der Waals surface area contributed by atoms with Crippen molar-refractivity contribution in [2.24, 2.45) is 0 Å². The standard InChI is InChI=1S/C19H21ClN6O/c1-12-21-18(24-27-12)13-6-8-14(9-7-13)19-23-22-17-11-25(20)10-15-4-2-3-5-16(15)26(17)19/h2-5,13-14H,6-11H2,1H3. The SMILES string of the molecule is Cc1nc(C2CCC(c3nnc4n3-c3ccccc3CN(Cl)C4)CC2)no1. The Morgan fingerprint density at radius 3 is 2.59 bits per heavy atom. The molecule has 8 heteroatoms. The fourth-order valence-corrected chi connectivity index (χ4v) is 4.54. The van der Waals surface area contributed by atoms with Crippen LogP contribution in [0.4, 0.5) is 0 Å². The smallest absolute Gasteiger partial charge is 0.223 e. The van der Waals surface area contributed by atoms with Gasteiger partial charge in [-0.05, 0) is 49.1 Å². The first-order valence-corrected chi connectivity index (χ1v) is 9.76. The van der Waals surface area contributed by atoms with Gasteiger partial charge in [-0.15, -0.1) is 10.2 Å². The van der Waals surface area contributed by atoms with Crippen LogP contribution in [-0.4, -0.2) is 29.3 Å². The van der Waals surface area contributed by atoms with Gasteiger partial charge in [-0.2, -0.15) is 4.98 Å². The van der Waals surface area contributed by atoms with E-state index in [0.717, 1.165) is 48.8 Å². The molecule has 5 rings (SSSR count). The third-order valence-electron chi connectivity index (χ3n) is 5.64. The molecule has 2 aromatic heterocycles. The molecule has 1 saturated carbocycles. The Kier molecular flexibility index (Phi) is 4.21. The average molecular weight is 385 g/mol. The zero-order valence-electron chi connectivity index (χ0n) is 15.2. The Bertz CT molecular complexity index is 959. The van der Waals surface area contributed by atoms with Crippen LogP contribution in [0.15, 0.2) is 28.8 Å². The molecule has 0 atom stereocenters. The summed E-state index contributed by atoms with van der Waals surface area (Å²) in [6.07, 6.45) is 4.16. The maximum atomic E-state index is 6.39. The molecule has 1 aromatic carbocycles. The number of fused-ring (bicyclic) bond motifs is 3. The summed E-state index contributed by atoms with van der Waals surface area (Å²) in [5.74, 6) is 4.18. The first-order valence-electron chi connectivity index (χ1n) is 9.42. The maximum Gasteiger partial charge on any atom is 0.223 e. The fourth-order valence-electron chi connectivity index (χ4n) is 4.31. The molecule has 140 valence electrons. The van der Waals surface area contributed by atoms with E-state index in [9.17, 15) is 0 Å². The number of benzene rings is 1. The van der Waals surface area contributed by atoms with Crippen molar-refractivity contribution in [1.82, 2.24) is 29.3 Å². The van der Waals surface area contributed by atoms with Crippen molar-refractivity contribution in [2.45, 2.75) is 57.5 Å². The minimum absolute atomic E-state index is 0.371. The minimum Gasteiger partial charge on any atom is -0.340 e. The molecule has 1 aliphatic heterocycles. The Balaban J connectivity index is 1.44. The molecule has 7 nitrogen and oxygen atoms in total. The van der Waals surface area contributed by atoms with Crippen molar-refractivity contribution in [3.05, 3.63) is 53.2 Å². The normalized spacial score (nSPS) is 22.9. The maximum absolute atomic E-state index is 6.39. The summed E-state index contributed by atoms with van der Waals surface area (Å²) < 4.78 is 9.14. The van der Waals surface area contributed by atoms with E-state index in [1.807, 2.05) is 6.92 Å².